The van der Waals surface area contributed by atoms with E-state index < -0.39 is 6.04 Å². The van der Waals surface area contributed by atoms with Gasteiger partial charge in [-0.3, -0.25) is 14.5 Å². The minimum absolute atomic E-state index is 0.173. The van der Waals surface area contributed by atoms with Crippen LogP contribution in [0.25, 0.3) is 0 Å². The van der Waals surface area contributed by atoms with E-state index in [1.54, 1.807) is 19.1 Å². The number of carbonyl (C=O) groups excluding carboxylic acids is 3. The minimum atomic E-state index is -0.508. The van der Waals surface area contributed by atoms with Crippen molar-refractivity contribution < 1.29 is 28.6 Å². The Morgan fingerprint density at radius 2 is 1.77 bits per heavy atom. The third-order valence-corrected chi connectivity index (χ3v) is 4.85. The summed E-state index contributed by atoms with van der Waals surface area (Å²) in [6, 6.07) is 2.89. The molecular formula is C18H22N2O6. The van der Waals surface area contributed by atoms with Crippen molar-refractivity contribution in [3.8, 4) is 11.5 Å². The van der Waals surface area contributed by atoms with Crippen LogP contribution in [0.1, 0.15) is 24.0 Å². The van der Waals surface area contributed by atoms with Crippen LogP contribution in [0.2, 0.25) is 0 Å². The number of carbonyl (C=O) groups is 3. The highest BCUT2D eigenvalue weighted by molar-refractivity contribution is 6.04. The van der Waals surface area contributed by atoms with Crippen LogP contribution in [0.5, 0.6) is 11.5 Å². The predicted molar refractivity (Wildman–Crippen MR) is 90.9 cm³/mol. The number of urea groups is 1. The monoisotopic (exact) mass is 362 g/mol. The Labute approximate surface area is 151 Å². The van der Waals surface area contributed by atoms with Gasteiger partial charge in [0.25, 0.3) is 5.91 Å². The summed E-state index contributed by atoms with van der Waals surface area (Å²) in [5, 5.41) is 0. The zero-order chi connectivity index (χ0) is 18.8. The Balaban J connectivity index is 1.77. The molecule has 1 aromatic rings. The van der Waals surface area contributed by atoms with Gasteiger partial charge in [-0.25, -0.2) is 4.79 Å². The number of hydrogen-bond acceptors (Lipinski definition) is 6. The van der Waals surface area contributed by atoms with Crippen LogP contribution in [0.3, 0.4) is 0 Å². The van der Waals surface area contributed by atoms with Gasteiger partial charge in [-0.15, -0.1) is 0 Å². The molecule has 1 unspecified atom stereocenters. The molecule has 0 radical (unpaired) electrons. The molecule has 3 amide bonds. The number of fused-ring (bicyclic) bond motifs is 2. The van der Waals surface area contributed by atoms with E-state index in [0.29, 0.717) is 30.9 Å². The Bertz CT molecular complexity index is 696. The fraction of sp³-hybridized carbons (Fsp3) is 0.500. The highest BCUT2D eigenvalue weighted by atomic mass is 16.5. The van der Waals surface area contributed by atoms with Crippen molar-refractivity contribution >= 4 is 17.9 Å². The van der Waals surface area contributed by atoms with Gasteiger partial charge in [0.2, 0.25) is 0 Å². The lowest BCUT2D eigenvalue weighted by Crippen LogP contribution is -2.40. The molecule has 0 N–H and O–H groups in total. The van der Waals surface area contributed by atoms with Crippen LogP contribution >= 0.6 is 0 Å². The SMILES string of the molecule is COC(=O)CCCN1C(=O)C2Cc3cc(OC)c(OC)cc3CN2C1=O. The molecule has 26 heavy (non-hydrogen) atoms. The quantitative estimate of drug-likeness (QED) is 0.561. The van der Waals surface area contributed by atoms with E-state index in [2.05, 4.69) is 4.74 Å². The smallest absolute Gasteiger partial charge is 0.327 e. The maximum absolute atomic E-state index is 12.7. The molecule has 2 heterocycles. The van der Waals surface area contributed by atoms with Crippen molar-refractivity contribution in [2.24, 2.45) is 0 Å². The molecule has 0 aliphatic carbocycles. The van der Waals surface area contributed by atoms with Gasteiger partial charge in [0, 0.05) is 25.9 Å². The molecule has 2 aliphatic rings. The van der Waals surface area contributed by atoms with E-state index in [4.69, 9.17) is 9.47 Å². The molecule has 0 saturated carbocycles. The molecule has 8 nitrogen and oxygen atoms in total. The first-order chi connectivity index (χ1) is 12.5. The van der Waals surface area contributed by atoms with Gasteiger partial charge >= 0.3 is 12.0 Å². The lowest BCUT2D eigenvalue weighted by Gasteiger charge is -2.29. The van der Waals surface area contributed by atoms with Crippen LogP contribution < -0.4 is 9.47 Å². The number of ether oxygens (including phenoxy) is 3. The molecular weight excluding hydrogens is 340 g/mol. The summed E-state index contributed by atoms with van der Waals surface area (Å²) in [5.74, 6) is 0.623. The van der Waals surface area contributed by atoms with E-state index in [0.717, 1.165) is 11.1 Å². The Morgan fingerprint density at radius 3 is 2.38 bits per heavy atom. The molecule has 2 aliphatic heterocycles. The Kier molecular flexibility index (Phi) is 5.01. The molecule has 3 rings (SSSR count). The van der Waals surface area contributed by atoms with Crippen LogP contribution in [0.15, 0.2) is 12.1 Å². The predicted octanol–water partition coefficient (Wildman–Crippen LogP) is 1.35. The molecule has 0 aromatic heterocycles. The largest absolute Gasteiger partial charge is 0.493 e. The van der Waals surface area contributed by atoms with Gasteiger partial charge in [0.15, 0.2) is 11.5 Å². The first-order valence-electron chi connectivity index (χ1n) is 8.42. The Morgan fingerprint density at radius 1 is 1.12 bits per heavy atom. The van der Waals surface area contributed by atoms with Crippen LogP contribution in [0.4, 0.5) is 4.79 Å². The summed E-state index contributed by atoms with van der Waals surface area (Å²) in [6.07, 6.45) is 1.000. The molecule has 1 atom stereocenters. The third-order valence-electron chi connectivity index (χ3n) is 4.85. The maximum atomic E-state index is 12.7. The molecule has 8 heteroatoms. The summed E-state index contributed by atoms with van der Waals surface area (Å²) in [5.41, 5.74) is 1.91. The van der Waals surface area contributed by atoms with Crippen molar-refractivity contribution in [1.29, 1.82) is 0 Å². The summed E-state index contributed by atoms with van der Waals surface area (Å²) in [4.78, 5) is 39.3. The van der Waals surface area contributed by atoms with Gasteiger partial charge in [-0.05, 0) is 29.7 Å². The standard InChI is InChI=1S/C18H22N2O6/c1-24-14-8-11-7-13-17(22)19(6-4-5-16(21)26-3)18(23)20(13)10-12(11)9-15(14)25-2/h8-9,13H,4-7,10H2,1-3H3. The topological polar surface area (TPSA) is 85.4 Å². The summed E-state index contributed by atoms with van der Waals surface area (Å²) >= 11 is 0. The zero-order valence-electron chi connectivity index (χ0n) is 15.1. The normalized spacial score (nSPS) is 18.5. The second-order valence-electron chi connectivity index (χ2n) is 6.28. The fourth-order valence-electron chi connectivity index (χ4n) is 3.45. The number of nitrogens with zero attached hydrogens (tertiary/aromatic N) is 2. The van der Waals surface area contributed by atoms with Gasteiger partial charge in [0.1, 0.15) is 6.04 Å². The van der Waals surface area contributed by atoms with E-state index in [-0.39, 0.29) is 30.9 Å². The summed E-state index contributed by atoms with van der Waals surface area (Å²) in [7, 11) is 4.44. The highest BCUT2D eigenvalue weighted by Gasteiger charge is 2.47. The van der Waals surface area contributed by atoms with E-state index in [1.807, 2.05) is 12.1 Å². The van der Waals surface area contributed by atoms with E-state index in [9.17, 15) is 14.4 Å². The number of rotatable bonds is 6. The van der Waals surface area contributed by atoms with Crippen LogP contribution in [0, 0.1) is 0 Å². The number of hydrogen-bond donors (Lipinski definition) is 0. The first-order valence-corrected chi connectivity index (χ1v) is 8.42. The van der Waals surface area contributed by atoms with E-state index >= 15 is 0 Å². The van der Waals surface area contributed by atoms with Crippen molar-refractivity contribution in [2.75, 3.05) is 27.9 Å². The maximum Gasteiger partial charge on any atom is 0.327 e. The lowest BCUT2D eigenvalue weighted by molar-refractivity contribution is -0.141. The summed E-state index contributed by atoms with van der Waals surface area (Å²) < 4.78 is 15.2. The average molecular weight is 362 g/mol. The molecule has 1 saturated heterocycles. The number of methoxy groups -OCH3 is 3. The van der Waals surface area contributed by atoms with Gasteiger partial charge in [0.05, 0.1) is 21.3 Å². The van der Waals surface area contributed by atoms with Crippen molar-refractivity contribution in [3.05, 3.63) is 23.3 Å². The van der Waals surface area contributed by atoms with Crippen LogP contribution in [-0.4, -0.2) is 61.6 Å². The molecule has 1 fully saturated rings. The lowest BCUT2D eigenvalue weighted by atomic mass is 9.94. The third kappa shape index (κ3) is 3.07. The average Bonchev–Trinajstić information content (AvgIpc) is 2.89. The van der Waals surface area contributed by atoms with Crippen LogP contribution in [-0.2, 0) is 27.3 Å². The fourth-order valence-corrected chi connectivity index (χ4v) is 3.45. The molecule has 1 aromatic carbocycles. The van der Waals surface area contributed by atoms with E-state index in [1.165, 1.54) is 12.0 Å². The number of benzene rings is 1. The number of esters is 1. The molecule has 0 bridgehead atoms. The zero-order valence-corrected chi connectivity index (χ0v) is 15.1. The highest BCUT2D eigenvalue weighted by Crippen LogP contribution is 2.37. The second-order valence-corrected chi connectivity index (χ2v) is 6.28. The number of imide groups is 1. The second kappa shape index (κ2) is 7.23. The first kappa shape index (κ1) is 18.0. The minimum Gasteiger partial charge on any atom is -0.493 e. The van der Waals surface area contributed by atoms with Crippen molar-refractivity contribution in [1.82, 2.24) is 9.80 Å². The Hall–Kier alpha value is -2.77. The van der Waals surface area contributed by atoms with Gasteiger partial charge < -0.3 is 19.1 Å². The molecule has 0 spiro atoms. The van der Waals surface area contributed by atoms with Crippen molar-refractivity contribution in [2.45, 2.75) is 31.8 Å². The molecule has 140 valence electrons. The van der Waals surface area contributed by atoms with Gasteiger partial charge in [-0.1, -0.05) is 0 Å². The summed E-state index contributed by atoms with van der Waals surface area (Å²) in [6.45, 7) is 0.557. The van der Waals surface area contributed by atoms with Gasteiger partial charge in [-0.2, -0.15) is 0 Å². The number of amides is 3. The van der Waals surface area contributed by atoms with Crippen molar-refractivity contribution in [3.63, 3.8) is 0 Å².